The molecule has 6 heteroatoms. The van der Waals surface area contributed by atoms with Crippen molar-refractivity contribution in [1.29, 1.82) is 0 Å². The van der Waals surface area contributed by atoms with Crippen molar-refractivity contribution >= 4 is 5.69 Å². The van der Waals surface area contributed by atoms with Gasteiger partial charge in [-0.05, 0) is 25.8 Å². The number of rotatable bonds is 5. The number of hydrogen-bond donors (Lipinski definition) is 1. The molecule has 1 aliphatic heterocycles. The Morgan fingerprint density at radius 2 is 2.23 bits per heavy atom. The molecule has 0 aromatic carbocycles. The van der Waals surface area contributed by atoms with Crippen molar-refractivity contribution in [3.05, 3.63) is 22.6 Å². The molecule has 3 rings (SSSR count). The lowest BCUT2D eigenvalue weighted by molar-refractivity contribution is 0.0350. The van der Waals surface area contributed by atoms with Gasteiger partial charge in [-0.15, -0.1) is 0 Å². The fourth-order valence-corrected chi connectivity index (χ4v) is 3.34. The SMILES string of the molecule is Cn1ncc(N2CCOC(CCNC3CCCC3)C2)cc1=O. The Hall–Kier alpha value is -1.40. The molecule has 0 radical (unpaired) electrons. The summed E-state index contributed by atoms with van der Waals surface area (Å²) in [6, 6.07) is 2.37. The van der Waals surface area contributed by atoms with Crippen molar-refractivity contribution < 1.29 is 4.74 Å². The summed E-state index contributed by atoms with van der Waals surface area (Å²) in [6.07, 6.45) is 8.37. The van der Waals surface area contributed by atoms with Crippen molar-refractivity contribution in [3.8, 4) is 0 Å². The number of aryl methyl sites for hydroxylation is 1. The summed E-state index contributed by atoms with van der Waals surface area (Å²) >= 11 is 0. The molecule has 2 heterocycles. The monoisotopic (exact) mass is 306 g/mol. The van der Waals surface area contributed by atoms with Gasteiger partial charge >= 0.3 is 0 Å². The van der Waals surface area contributed by atoms with E-state index >= 15 is 0 Å². The summed E-state index contributed by atoms with van der Waals surface area (Å²) < 4.78 is 7.22. The summed E-state index contributed by atoms with van der Waals surface area (Å²) in [4.78, 5) is 13.9. The van der Waals surface area contributed by atoms with Gasteiger partial charge in [0.1, 0.15) is 0 Å². The molecule has 1 saturated carbocycles. The van der Waals surface area contributed by atoms with E-state index in [4.69, 9.17) is 4.74 Å². The number of morpholine rings is 1. The zero-order valence-electron chi connectivity index (χ0n) is 13.3. The van der Waals surface area contributed by atoms with E-state index in [2.05, 4.69) is 15.3 Å². The summed E-state index contributed by atoms with van der Waals surface area (Å²) in [6.45, 7) is 3.38. The fraction of sp³-hybridized carbons (Fsp3) is 0.750. The fourth-order valence-electron chi connectivity index (χ4n) is 3.34. The highest BCUT2D eigenvalue weighted by atomic mass is 16.5. The molecule has 0 amide bonds. The molecule has 2 fully saturated rings. The second kappa shape index (κ2) is 7.24. The van der Waals surface area contributed by atoms with E-state index < -0.39 is 0 Å². The molecule has 1 N–H and O–H groups in total. The van der Waals surface area contributed by atoms with Gasteiger partial charge in [-0.1, -0.05) is 12.8 Å². The third-order valence-corrected chi connectivity index (χ3v) is 4.71. The topological polar surface area (TPSA) is 59.4 Å². The summed E-state index contributed by atoms with van der Waals surface area (Å²) in [5.74, 6) is 0. The van der Waals surface area contributed by atoms with Crippen LogP contribution >= 0.6 is 0 Å². The highest BCUT2D eigenvalue weighted by molar-refractivity contribution is 5.43. The van der Waals surface area contributed by atoms with Crippen molar-refractivity contribution in [2.75, 3.05) is 31.1 Å². The number of hydrogen-bond acceptors (Lipinski definition) is 5. The molecule has 22 heavy (non-hydrogen) atoms. The van der Waals surface area contributed by atoms with Gasteiger partial charge in [0.05, 0.1) is 24.6 Å². The number of anilines is 1. The van der Waals surface area contributed by atoms with Gasteiger partial charge in [-0.2, -0.15) is 5.10 Å². The molecule has 2 aliphatic rings. The van der Waals surface area contributed by atoms with Crippen LogP contribution in [0.3, 0.4) is 0 Å². The second-order valence-corrected chi connectivity index (χ2v) is 6.34. The summed E-state index contributed by atoms with van der Waals surface area (Å²) in [7, 11) is 1.67. The van der Waals surface area contributed by atoms with Crippen LogP contribution in [0.25, 0.3) is 0 Å². The minimum Gasteiger partial charge on any atom is -0.374 e. The lowest BCUT2D eigenvalue weighted by atomic mass is 10.1. The van der Waals surface area contributed by atoms with E-state index in [0.717, 1.165) is 31.7 Å². The highest BCUT2D eigenvalue weighted by Crippen LogP contribution is 2.19. The van der Waals surface area contributed by atoms with Crippen LogP contribution < -0.4 is 15.8 Å². The molecule has 1 saturated heterocycles. The van der Waals surface area contributed by atoms with Crippen molar-refractivity contribution in [1.82, 2.24) is 15.1 Å². The first-order valence-electron chi connectivity index (χ1n) is 8.35. The average Bonchev–Trinajstić information content (AvgIpc) is 3.04. The highest BCUT2D eigenvalue weighted by Gasteiger charge is 2.22. The van der Waals surface area contributed by atoms with Crippen LogP contribution in [0.1, 0.15) is 32.1 Å². The van der Waals surface area contributed by atoms with Gasteiger partial charge in [0.15, 0.2) is 0 Å². The first-order valence-corrected chi connectivity index (χ1v) is 8.35. The smallest absolute Gasteiger partial charge is 0.268 e. The third-order valence-electron chi connectivity index (χ3n) is 4.71. The maximum absolute atomic E-state index is 11.7. The van der Waals surface area contributed by atoms with Crippen LogP contribution in [0.5, 0.6) is 0 Å². The lowest BCUT2D eigenvalue weighted by Crippen LogP contribution is -2.44. The maximum Gasteiger partial charge on any atom is 0.268 e. The predicted octanol–water partition coefficient (Wildman–Crippen LogP) is 0.908. The summed E-state index contributed by atoms with van der Waals surface area (Å²) in [5, 5.41) is 7.74. The number of nitrogens with zero attached hydrogens (tertiary/aromatic N) is 3. The molecular formula is C16H26N4O2. The number of ether oxygens (including phenoxy) is 1. The van der Waals surface area contributed by atoms with Gasteiger partial charge in [-0.3, -0.25) is 4.79 Å². The largest absolute Gasteiger partial charge is 0.374 e. The third kappa shape index (κ3) is 3.87. The second-order valence-electron chi connectivity index (χ2n) is 6.34. The van der Waals surface area contributed by atoms with Crippen molar-refractivity contribution in [3.63, 3.8) is 0 Å². The Balaban J connectivity index is 1.50. The Morgan fingerprint density at radius 3 is 3.00 bits per heavy atom. The Kier molecular flexibility index (Phi) is 5.10. The molecule has 1 atom stereocenters. The van der Waals surface area contributed by atoms with E-state index in [9.17, 15) is 4.79 Å². The van der Waals surface area contributed by atoms with Gasteiger partial charge in [-0.25, -0.2) is 4.68 Å². The molecule has 1 aromatic heterocycles. The minimum atomic E-state index is -0.0663. The standard InChI is InChI=1S/C16H26N4O2/c1-19-16(21)10-14(11-18-19)20-8-9-22-15(12-20)6-7-17-13-4-2-3-5-13/h10-11,13,15,17H,2-9,12H2,1H3. The lowest BCUT2D eigenvalue weighted by Gasteiger charge is -2.34. The van der Waals surface area contributed by atoms with Crippen LogP contribution in [-0.4, -0.2) is 48.2 Å². The van der Waals surface area contributed by atoms with E-state index in [0.29, 0.717) is 12.6 Å². The van der Waals surface area contributed by atoms with Gasteiger partial charge in [0.2, 0.25) is 0 Å². The molecule has 1 aromatic rings. The van der Waals surface area contributed by atoms with E-state index in [1.54, 1.807) is 19.3 Å². The van der Waals surface area contributed by atoms with Gasteiger partial charge in [0, 0.05) is 32.2 Å². The van der Waals surface area contributed by atoms with Crippen molar-refractivity contribution in [2.24, 2.45) is 7.05 Å². The quantitative estimate of drug-likeness (QED) is 0.876. The van der Waals surface area contributed by atoms with Crippen LogP contribution in [0.15, 0.2) is 17.1 Å². The number of aromatic nitrogens is 2. The normalized spacial score (nSPS) is 23.1. The molecule has 1 unspecified atom stereocenters. The molecule has 0 spiro atoms. The first kappa shape index (κ1) is 15.5. The average molecular weight is 306 g/mol. The van der Waals surface area contributed by atoms with Crippen molar-refractivity contribution in [2.45, 2.75) is 44.2 Å². The minimum absolute atomic E-state index is 0.0663. The Morgan fingerprint density at radius 1 is 1.41 bits per heavy atom. The zero-order valence-corrected chi connectivity index (χ0v) is 13.3. The zero-order chi connectivity index (χ0) is 15.4. The van der Waals surface area contributed by atoms with Gasteiger partial charge in [0.25, 0.3) is 5.56 Å². The van der Waals surface area contributed by atoms with Gasteiger partial charge < -0.3 is 15.0 Å². The van der Waals surface area contributed by atoms with E-state index in [1.807, 2.05) is 0 Å². The molecular weight excluding hydrogens is 280 g/mol. The molecule has 0 bridgehead atoms. The Bertz CT molecular complexity index is 539. The van der Waals surface area contributed by atoms with Crippen LogP contribution in [-0.2, 0) is 11.8 Å². The van der Waals surface area contributed by atoms with Crippen LogP contribution in [0.2, 0.25) is 0 Å². The first-order chi connectivity index (χ1) is 10.7. The molecule has 122 valence electrons. The molecule has 1 aliphatic carbocycles. The molecule has 6 nitrogen and oxygen atoms in total. The maximum atomic E-state index is 11.7. The summed E-state index contributed by atoms with van der Waals surface area (Å²) in [5.41, 5.74) is 0.837. The number of nitrogens with one attached hydrogen (secondary N) is 1. The predicted molar refractivity (Wildman–Crippen MR) is 86.3 cm³/mol. The van der Waals surface area contributed by atoms with Crippen LogP contribution in [0.4, 0.5) is 5.69 Å². The Labute approximate surface area is 131 Å². The van der Waals surface area contributed by atoms with E-state index in [1.165, 1.54) is 30.4 Å². The van der Waals surface area contributed by atoms with E-state index in [-0.39, 0.29) is 11.7 Å². The van der Waals surface area contributed by atoms with Crippen LogP contribution in [0, 0.1) is 0 Å².